The molecule has 1 N–H and O–H groups in total. The van der Waals surface area contributed by atoms with Crippen molar-refractivity contribution in [2.75, 3.05) is 11.9 Å². The molecule has 1 fully saturated rings. The molecule has 0 aromatic carbocycles. The molecule has 2 aromatic heterocycles. The number of hydrogen-bond acceptors (Lipinski definition) is 4. The van der Waals surface area contributed by atoms with Crippen LogP contribution in [-0.4, -0.2) is 26.5 Å². The van der Waals surface area contributed by atoms with Crippen molar-refractivity contribution >= 4 is 5.82 Å². The zero-order valence-corrected chi connectivity index (χ0v) is 10.5. The lowest BCUT2D eigenvalue weighted by Crippen LogP contribution is -2.06. The molecule has 1 aliphatic carbocycles. The molecule has 5 heteroatoms. The Balaban J connectivity index is 1.61. The maximum atomic E-state index is 4.30. The predicted molar refractivity (Wildman–Crippen MR) is 69.7 cm³/mol. The minimum absolute atomic E-state index is 0.746. The maximum absolute atomic E-state index is 4.30. The van der Waals surface area contributed by atoms with Gasteiger partial charge in [-0.2, -0.15) is 5.10 Å². The van der Waals surface area contributed by atoms with E-state index in [-0.39, 0.29) is 0 Å². The van der Waals surface area contributed by atoms with Crippen molar-refractivity contribution < 1.29 is 0 Å². The number of aryl methyl sites for hydroxylation is 1. The first kappa shape index (κ1) is 11.2. The van der Waals surface area contributed by atoms with E-state index in [1.165, 1.54) is 19.3 Å². The molecule has 0 spiro atoms. The zero-order chi connectivity index (χ0) is 12.4. The summed E-state index contributed by atoms with van der Waals surface area (Å²) in [4.78, 5) is 0. The van der Waals surface area contributed by atoms with Gasteiger partial charge in [-0.3, -0.25) is 0 Å². The van der Waals surface area contributed by atoms with Crippen molar-refractivity contribution in [3.05, 3.63) is 30.1 Å². The van der Waals surface area contributed by atoms with E-state index >= 15 is 0 Å². The molecule has 0 unspecified atom stereocenters. The molecule has 94 valence electrons. The van der Waals surface area contributed by atoms with E-state index in [2.05, 4.69) is 20.6 Å². The Labute approximate surface area is 106 Å². The van der Waals surface area contributed by atoms with Gasteiger partial charge in [0.05, 0.1) is 5.69 Å². The van der Waals surface area contributed by atoms with E-state index in [1.807, 2.05) is 31.3 Å². The minimum atomic E-state index is 0.746. The third-order valence-electron chi connectivity index (χ3n) is 3.16. The Morgan fingerprint density at radius 2 is 2.17 bits per heavy atom. The normalized spacial score (nSPS) is 14.7. The van der Waals surface area contributed by atoms with Crippen LogP contribution >= 0.6 is 0 Å². The fourth-order valence-electron chi connectivity index (χ4n) is 1.90. The van der Waals surface area contributed by atoms with E-state index in [1.54, 1.807) is 4.68 Å². The van der Waals surface area contributed by atoms with Crippen LogP contribution in [0.25, 0.3) is 5.82 Å². The van der Waals surface area contributed by atoms with Crippen LogP contribution in [0, 0.1) is 12.8 Å². The third kappa shape index (κ3) is 2.67. The molecule has 0 saturated heterocycles. The van der Waals surface area contributed by atoms with Gasteiger partial charge in [0, 0.05) is 12.7 Å². The van der Waals surface area contributed by atoms with Crippen molar-refractivity contribution in [2.24, 2.45) is 5.92 Å². The summed E-state index contributed by atoms with van der Waals surface area (Å²) in [7, 11) is 0. The van der Waals surface area contributed by atoms with Crippen molar-refractivity contribution in [3.63, 3.8) is 0 Å². The number of nitrogens with zero attached hydrogens (tertiary/aromatic N) is 4. The average Bonchev–Trinajstić information content (AvgIpc) is 3.11. The van der Waals surface area contributed by atoms with E-state index in [0.717, 1.165) is 29.8 Å². The molecule has 3 rings (SSSR count). The van der Waals surface area contributed by atoms with E-state index in [4.69, 9.17) is 0 Å². The Hall–Kier alpha value is -1.91. The summed E-state index contributed by atoms with van der Waals surface area (Å²) in [6.07, 6.45) is 5.91. The van der Waals surface area contributed by atoms with Gasteiger partial charge in [-0.25, -0.2) is 4.68 Å². The molecule has 1 saturated carbocycles. The third-order valence-corrected chi connectivity index (χ3v) is 3.16. The predicted octanol–water partition coefficient (Wildman–Crippen LogP) is 2.18. The van der Waals surface area contributed by atoms with Gasteiger partial charge in [0.2, 0.25) is 0 Å². The summed E-state index contributed by atoms with van der Waals surface area (Å²) in [6.45, 7) is 2.94. The first-order valence-electron chi connectivity index (χ1n) is 6.41. The van der Waals surface area contributed by atoms with Crippen LogP contribution in [0.2, 0.25) is 0 Å². The molecule has 2 aromatic rings. The summed E-state index contributed by atoms with van der Waals surface area (Å²) in [5.41, 5.74) is 0.975. The number of anilines is 1. The fourth-order valence-corrected chi connectivity index (χ4v) is 1.90. The number of nitrogens with one attached hydrogen (secondary N) is 1. The highest BCUT2D eigenvalue weighted by molar-refractivity contribution is 5.36. The van der Waals surface area contributed by atoms with Gasteiger partial charge in [-0.15, -0.1) is 10.2 Å². The molecule has 2 heterocycles. The second kappa shape index (κ2) is 4.76. The summed E-state index contributed by atoms with van der Waals surface area (Å²) in [5.74, 6) is 2.52. The summed E-state index contributed by atoms with van der Waals surface area (Å²) < 4.78 is 1.73. The second-order valence-corrected chi connectivity index (χ2v) is 4.84. The van der Waals surface area contributed by atoms with Crippen molar-refractivity contribution in [1.82, 2.24) is 20.0 Å². The molecule has 0 radical (unpaired) electrons. The van der Waals surface area contributed by atoms with Gasteiger partial charge >= 0.3 is 0 Å². The van der Waals surface area contributed by atoms with Crippen LogP contribution in [0.4, 0.5) is 5.82 Å². The van der Waals surface area contributed by atoms with Crippen LogP contribution in [0.5, 0.6) is 0 Å². The van der Waals surface area contributed by atoms with Gasteiger partial charge in [-0.05, 0) is 37.5 Å². The molecular formula is C13H17N5. The topological polar surface area (TPSA) is 55.6 Å². The fraction of sp³-hybridized carbons (Fsp3) is 0.462. The monoisotopic (exact) mass is 243 g/mol. The highest BCUT2D eigenvalue weighted by Gasteiger charge is 2.20. The van der Waals surface area contributed by atoms with Crippen LogP contribution < -0.4 is 5.32 Å². The standard InChI is InChI=1S/C13H17N5/c1-10-7-9-18(17-10)13-5-4-12(15-16-13)14-8-6-11-2-3-11/h4-5,7,9,11H,2-3,6,8H2,1H3,(H,14,15). The first-order chi connectivity index (χ1) is 8.81. The second-order valence-electron chi connectivity index (χ2n) is 4.84. The van der Waals surface area contributed by atoms with Gasteiger partial charge < -0.3 is 5.32 Å². The van der Waals surface area contributed by atoms with E-state index < -0.39 is 0 Å². The SMILES string of the molecule is Cc1ccn(-c2ccc(NCCC3CC3)nn2)n1. The molecule has 0 amide bonds. The quantitative estimate of drug-likeness (QED) is 0.874. The summed E-state index contributed by atoms with van der Waals surface area (Å²) >= 11 is 0. The highest BCUT2D eigenvalue weighted by Crippen LogP contribution is 2.31. The molecule has 5 nitrogen and oxygen atoms in total. The Kier molecular flexibility index (Phi) is 2.96. The van der Waals surface area contributed by atoms with Gasteiger partial charge in [-0.1, -0.05) is 12.8 Å². The molecular weight excluding hydrogens is 226 g/mol. The highest BCUT2D eigenvalue weighted by atomic mass is 15.3. The minimum Gasteiger partial charge on any atom is -0.369 e. The first-order valence-corrected chi connectivity index (χ1v) is 6.41. The van der Waals surface area contributed by atoms with Gasteiger partial charge in [0.25, 0.3) is 0 Å². The van der Waals surface area contributed by atoms with Crippen LogP contribution in [0.15, 0.2) is 24.4 Å². The number of aromatic nitrogens is 4. The van der Waals surface area contributed by atoms with Crippen molar-refractivity contribution in [2.45, 2.75) is 26.2 Å². The maximum Gasteiger partial charge on any atom is 0.175 e. The number of rotatable bonds is 5. The lowest BCUT2D eigenvalue weighted by molar-refractivity contribution is 0.753. The van der Waals surface area contributed by atoms with Crippen LogP contribution in [0.3, 0.4) is 0 Å². The Morgan fingerprint density at radius 1 is 1.28 bits per heavy atom. The van der Waals surface area contributed by atoms with E-state index in [9.17, 15) is 0 Å². The van der Waals surface area contributed by atoms with Crippen molar-refractivity contribution in [3.8, 4) is 5.82 Å². The smallest absolute Gasteiger partial charge is 0.175 e. The van der Waals surface area contributed by atoms with E-state index in [0.29, 0.717) is 0 Å². The molecule has 18 heavy (non-hydrogen) atoms. The lowest BCUT2D eigenvalue weighted by atomic mass is 10.3. The average molecular weight is 243 g/mol. The Morgan fingerprint density at radius 3 is 2.78 bits per heavy atom. The number of hydrogen-bond donors (Lipinski definition) is 1. The molecule has 1 aliphatic rings. The van der Waals surface area contributed by atoms with Gasteiger partial charge in [0.15, 0.2) is 5.82 Å². The zero-order valence-electron chi connectivity index (χ0n) is 10.5. The summed E-state index contributed by atoms with van der Waals surface area (Å²) in [6, 6.07) is 5.83. The largest absolute Gasteiger partial charge is 0.369 e. The summed E-state index contributed by atoms with van der Waals surface area (Å²) in [5, 5.41) is 15.9. The van der Waals surface area contributed by atoms with Crippen LogP contribution in [0.1, 0.15) is 25.0 Å². The van der Waals surface area contributed by atoms with Crippen molar-refractivity contribution in [1.29, 1.82) is 0 Å². The van der Waals surface area contributed by atoms with Gasteiger partial charge in [0.1, 0.15) is 5.82 Å². The molecule has 0 aliphatic heterocycles. The molecule has 0 atom stereocenters. The Bertz CT molecular complexity index is 512. The lowest BCUT2D eigenvalue weighted by Gasteiger charge is -2.04. The van der Waals surface area contributed by atoms with Crippen LogP contribution in [-0.2, 0) is 0 Å². The molecule has 0 bridgehead atoms.